The molecular weight excluding hydrogens is 384 g/mol. The molecule has 0 spiro atoms. The summed E-state index contributed by atoms with van der Waals surface area (Å²) in [5, 5.41) is 0. The SMILES string of the molecule is CN(C(=O)/C=C/C1CCCCC1)c1ccc(S(=O)(=O)NC2CCCCCC2)cc1. The van der Waals surface area contributed by atoms with Gasteiger partial charge in [-0.2, -0.15) is 0 Å². The van der Waals surface area contributed by atoms with Gasteiger partial charge in [-0.25, -0.2) is 13.1 Å². The molecule has 0 radical (unpaired) electrons. The summed E-state index contributed by atoms with van der Waals surface area (Å²) in [7, 11) is -1.81. The molecule has 1 amide bonds. The van der Waals surface area contributed by atoms with Crippen molar-refractivity contribution < 1.29 is 13.2 Å². The molecule has 1 N–H and O–H groups in total. The second-order valence-electron chi connectivity index (χ2n) is 8.46. The highest BCUT2D eigenvalue weighted by molar-refractivity contribution is 7.89. The molecule has 2 aliphatic rings. The zero-order chi connectivity index (χ0) is 20.7. The maximum Gasteiger partial charge on any atom is 0.250 e. The molecule has 0 saturated heterocycles. The van der Waals surface area contributed by atoms with E-state index in [1.54, 1.807) is 42.3 Å². The van der Waals surface area contributed by atoms with Gasteiger partial charge in [-0.05, 0) is 61.9 Å². The van der Waals surface area contributed by atoms with Crippen LogP contribution in [0.4, 0.5) is 5.69 Å². The third-order valence-electron chi connectivity index (χ3n) is 6.20. The molecule has 0 atom stereocenters. The third-order valence-corrected chi connectivity index (χ3v) is 7.74. The number of hydrogen-bond acceptors (Lipinski definition) is 3. The first kappa shape index (κ1) is 22.0. The normalized spacial score (nSPS) is 19.9. The monoisotopic (exact) mass is 418 g/mol. The molecule has 0 bridgehead atoms. The standard InChI is InChI=1S/C23H34N2O3S/c1-25(23(26)18-13-19-9-5-4-6-10-19)21-14-16-22(17-15-21)29(27,28)24-20-11-7-2-3-8-12-20/h13-20,24H,2-12H2,1H3/b18-13+. The molecule has 5 nitrogen and oxygen atoms in total. The molecular formula is C23H34N2O3S. The van der Waals surface area contributed by atoms with Gasteiger partial charge in [0.2, 0.25) is 15.9 Å². The van der Waals surface area contributed by atoms with E-state index in [0.29, 0.717) is 11.6 Å². The fourth-order valence-corrected chi connectivity index (χ4v) is 5.62. The lowest BCUT2D eigenvalue weighted by Crippen LogP contribution is -2.34. The number of likely N-dealkylation sites (N-methyl/N-ethyl adjacent to an activating group) is 1. The maximum atomic E-state index is 12.7. The molecule has 1 aromatic carbocycles. The Morgan fingerprint density at radius 3 is 2.10 bits per heavy atom. The molecule has 29 heavy (non-hydrogen) atoms. The Morgan fingerprint density at radius 1 is 0.931 bits per heavy atom. The van der Waals surface area contributed by atoms with Gasteiger partial charge < -0.3 is 4.90 Å². The second kappa shape index (κ2) is 10.4. The van der Waals surface area contributed by atoms with Crippen molar-refractivity contribution in [2.45, 2.75) is 81.6 Å². The minimum atomic E-state index is -3.53. The number of sulfonamides is 1. The molecule has 0 aliphatic heterocycles. The van der Waals surface area contributed by atoms with Gasteiger partial charge in [0.05, 0.1) is 4.90 Å². The number of nitrogens with zero attached hydrogens (tertiary/aromatic N) is 1. The number of hydrogen-bond donors (Lipinski definition) is 1. The van der Waals surface area contributed by atoms with Crippen molar-refractivity contribution in [2.75, 3.05) is 11.9 Å². The van der Waals surface area contributed by atoms with Crippen LogP contribution in [0, 0.1) is 5.92 Å². The van der Waals surface area contributed by atoms with E-state index in [0.717, 1.165) is 38.5 Å². The highest BCUT2D eigenvalue weighted by Crippen LogP contribution is 2.25. The summed E-state index contributed by atoms with van der Waals surface area (Å²) in [6.07, 6.45) is 16.1. The number of anilines is 1. The van der Waals surface area contributed by atoms with Crippen LogP contribution in [0.15, 0.2) is 41.3 Å². The predicted octanol–water partition coefficient (Wildman–Crippen LogP) is 4.79. The molecule has 2 aliphatic carbocycles. The number of carbonyl (C=O) groups excluding carboxylic acids is 1. The van der Waals surface area contributed by atoms with Crippen molar-refractivity contribution in [1.29, 1.82) is 0 Å². The largest absolute Gasteiger partial charge is 0.312 e. The summed E-state index contributed by atoms with van der Waals surface area (Å²) in [5.74, 6) is 0.423. The smallest absolute Gasteiger partial charge is 0.250 e. The fourth-order valence-electron chi connectivity index (χ4n) is 4.32. The van der Waals surface area contributed by atoms with E-state index in [9.17, 15) is 13.2 Å². The Hall–Kier alpha value is -1.66. The van der Waals surface area contributed by atoms with Crippen LogP contribution in [-0.2, 0) is 14.8 Å². The minimum Gasteiger partial charge on any atom is -0.312 e. The van der Waals surface area contributed by atoms with Gasteiger partial charge in [-0.15, -0.1) is 0 Å². The lowest BCUT2D eigenvalue weighted by atomic mass is 9.89. The summed E-state index contributed by atoms with van der Waals surface area (Å²) in [6.45, 7) is 0. The molecule has 0 heterocycles. The van der Waals surface area contributed by atoms with Crippen LogP contribution < -0.4 is 9.62 Å². The average Bonchev–Trinajstić information content (AvgIpc) is 3.00. The lowest BCUT2D eigenvalue weighted by molar-refractivity contribution is -0.113. The molecule has 0 unspecified atom stereocenters. The Labute approximate surface area is 175 Å². The molecule has 160 valence electrons. The van der Waals surface area contributed by atoms with Crippen LogP contribution in [0.2, 0.25) is 0 Å². The summed E-state index contributed by atoms with van der Waals surface area (Å²) in [5.41, 5.74) is 0.691. The topological polar surface area (TPSA) is 66.5 Å². The summed E-state index contributed by atoms with van der Waals surface area (Å²) in [4.78, 5) is 14.3. The number of amides is 1. The van der Waals surface area contributed by atoms with E-state index in [1.165, 1.54) is 32.1 Å². The van der Waals surface area contributed by atoms with E-state index < -0.39 is 10.0 Å². The summed E-state index contributed by atoms with van der Waals surface area (Å²) in [6, 6.07) is 6.60. The zero-order valence-electron chi connectivity index (χ0n) is 17.5. The van der Waals surface area contributed by atoms with Crippen LogP contribution in [0.25, 0.3) is 0 Å². The first-order valence-electron chi connectivity index (χ1n) is 11.0. The zero-order valence-corrected chi connectivity index (χ0v) is 18.3. The van der Waals surface area contributed by atoms with E-state index in [2.05, 4.69) is 4.72 Å². The second-order valence-corrected chi connectivity index (χ2v) is 10.2. The molecule has 6 heteroatoms. The molecule has 0 aromatic heterocycles. The first-order chi connectivity index (χ1) is 14.0. The first-order valence-corrected chi connectivity index (χ1v) is 12.5. The van der Waals surface area contributed by atoms with Gasteiger partial charge in [0.25, 0.3) is 0 Å². The predicted molar refractivity (Wildman–Crippen MR) is 117 cm³/mol. The minimum absolute atomic E-state index is 0.0244. The van der Waals surface area contributed by atoms with Crippen molar-refractivity contribution in [1.82, 2.24) is 4.72 Å². The van der Waals surface area contributed by atoms with Gasteiger partial charge in [-0.3, -0.25) is 4.79 Å². The molecule has 3 rings (SSSR count). The van der Waals surface area contributed by atoms with Crippen molar-refractivity contribution in [3.63, 3.8) is 0 Å². The van der Waals surface area contributed by atoms with Crippen molar-refractivity contribution >= 4 is 21.6 Å². The van der Waals surface area contributed by atoms with Gasteiger partial charge in [0.15, 0.2) is 0 Å². The van der Waals surface area contributed by atoms with Gasteiger partial charge in [0, 0.05) is 18.8 Å². The highest BCUT2D eigenvalue weighted by atomic mass is 32.2. The molecule has 2 saturated carbocycles. The number of nitrogens with one attached hydrogen (secondary N) is 1. The Morgan fingerprint density at radius 2 is 1.48 bits per heavy atom. The number of rotatable bonds is 6. The van der Waals surface area contributed by atoms with Crippen molar-refractivity contribution in [3.05, 3.63) is 36.4 Å². The maximum absolute atomic E-state index is 12.7. The molecule has 1 aromatic rings. The number of carbonyl (C=O) groups is 1. The average molecular weight is 419 g/mol. The third kappa shape index (κ3) is 6.41. The van der Waals surface area contributed by atoms with Crippen LogP contribution in [0.1, 0.15) is 70.6 Å². The Balaban J connectivity index is 1.60. The van der Waals surface area contributed by atoms with Crippen molar-refractivity contribution in [3.8, 4) is 0 Å². The Kier molecular flexibility index (Phi) is 7.90. The number of benzene rings is 1. The van der Waals surface area contributed by atoms with Crippen LogP contribution in [0.3, 0.4) is 0 Å². The van der Waals surface area contributed by atoms with Crippen molar-refractivity contribution in [2.24, 2.45) is 5.92 Å². The van der Waals surface area contributed by atoms with E-state index in [4.69, 9.17) is 0 Å². The van der Waals surface area contributed by atoms with Crippen LogP contribution in [-0.4, -0.2) is 27.4 Å². The lowest BCUT2D eigenvalue weighted by Gasteiger charge is -2.19. The van der Waals surface area contributed by atoms with E-state index >= 15 is 0 Å². The van der Waals surface area contributed by atoms with E-state index in [1.807, 2.05) is 6.08 Å². The van der Waals surface area contributed by atoms with Crippen LogP contribution in [0.5, 0.6) is 0 Å². The number of allylic oxidation sites excluding steroid dienone is 1. The quantitative estimate of drug-likeness (QED) is 0.534. The summed E-state index contributed by atoms with van der Waals surface area (Å²) >= 11 is 0. The summed E-state index contributed by atoms with van der Waals surface area (Å²) < 4.78 is 28.3. The van der Waals surface area contributed by atoms with Gasteiger partial charge in [0.1, 0.15) is 0 Å². The van der Waals surface area contributed by atoms with E-state index in [-0.39, 0.29) is 16.8 Å². The van der Waals surface area contributed by atoms with Crippen LogP contribution >= 0.6 is 0 Å². The molecule has 2 fully saturated rings. The fraction of sp³-hybridized carbons (Fsp3) is 0.609. The Bertz CT molecular complexity index is 788. The van der Waals surface area contributed by atoms with Gasteiger partial charge in [-0.1, -0.05) is 51.0 Å². The van der Waals surface area contributed by atoms with Gasteiger partial charge >= 0.3 is 0 Å². The highest BCUT2D eigenvalue weighted by Gasteiger charge is 2.21.